The maximum atomic E-state index is 12.6. The zero-order chi connectivity index (χ0) is 17.0. The molecule has 122 valence electrons. The Kier molecular flexibility index (Phi) is 5.05. The number of carbonyl (C=O) groups is 2. The number of aliphatic carboxylic acids is 1. The SMILES string of the molecule is CC[C@@H](C)[C@@H](C(=O)NCC(=O)[O-])n1nnc2ccccc2c1=O. The van der Waals surface area contributed by atoms with Gasteiger partial charge in [-0.15, -0.1) is 5.10 Å². The molecule has 0 aliphatic heterocycles. The van der Waals surface area contributed by atoms with Gasteiger partial charge in [0.2, 0.25) is 5.91 Å². The van der Waals surface area contributed by atoms with Gasteiger partial charge in [0.25, 0.3) is 5.56 Å². The van der Waals surface area contributed by atoms with Gasteiger partial charge in [-0.3, -0.25) is 9.59 Å². The number of hydrogen-bond acceptors (Lipinski definition) is 6. The highest BCUT2D eigenvalue weighted by molar-refractivity contribution is 5.84. The second kappa shape index (κ2) is 6.99. The van der Waals surface area contributed by atoms with E-state index in [2.05, 4.69) is 15.6 Å². The molecule has 0 fully saturated rings. The van der Waals surface area contributed by atoms with Crippen LogP contribution in [-0.4, -0.2) is 33.4 Å². The Morgan fingerprint density at radius 3 is 2.70 bits per heavy atom. The molecule has 2 aromatic rings. The second-order valence-corrected chi connectivity index (χ2v) is 5.28. The van der Waals surface area contributed by atoms with Gasteiger partial charge in [0.15, 0.2) is 0 Å². The standard InChI is InChI=1S/C15H18N4O4/c1-3-9(2)13(14(22)16-8-12(20)21)19-15(23)10-6-4-5-7-11(10)17-18-19/h4-7,9,13H,3,8H2,1-2H3,(H,16,22)(H,20,21)/p-1/t9-,13+/m1/s1. The van der Waals surface area contributed by atoms with E-state index in [1.54, 1.807) is 31.2 Å². The van der Waals surface area contributed by atoms with Crippen molar-refractivity contribution in [1.29, 1.82) is 0 Å². The van der Waals surface area contributed by atoms with E-state index in [0.717, 1.165) is 4.68 Å². The number of carbonyl (C=O) groups excluding carboxylic acids is 2. The number of rotatable bonds is 6. The van der Waals surface area contributed by atoms with E-state index in [0.29, 0.717) is 17.3 Å². The molecule has 0 aliphatic rings. The first kappa shape index (κ1) is 16.6. The minimum atomic E-state index is -1.40. The van der Waals surface area contributed by atoms with Crippen LogP contribution in [0.4, 0.5) is 0 Å². The van der Waals surface area contributed by atoms with E-state index in [1.807, 2.05) is 6.92 Å². The topological polar surface area (TPSA) is 117 Å². The number of benzene rings is 1. The first-order chi connectivity index (χ1) is 11.0. The minimum absolute atomic E-state index is 0.232. The molecule has 0 radical (unpaired) electrons. The van der Waals surface area contributed by atoms with Crippen molar-refractivity contribution in [3.8, 4) is 0 Å². The van der Waals surface area contributed by atoms with E-state index in [-0.39, 0.29) is 5.92 Å². The number of nitrogens with one attached hydrogen (secondary N) is 1. The van der Waals surface area contributed by atoms with Crippen LogP contribution in [-0.2, 0) is 9.59 Å². The van der Waals surface area contributed by atoms with Crippen molar-refractivity contribution < 1.29 is 14.7 Å². The lowest BCUT2D eigenvalue weighted by Crippen LogP contribution is -2.45. The van der Waals surface area contributed by atoms with Gasteiger partial charge in [0.05, 0.1) is 17.9 Å². The fraction of sp³-hybridized carbons (Fsp3) is 0.400. The van der Waals surface area contributed by atoms with Crippen molar-refractivity contribution in [2.75, 3.05) is 6.54 Å². The maximum absolute atomic E-state index is 12.6. The van der Waals surface area contributed by atoms with Crippen LogP contribution in [0.2, 0.25) is 0 Å². The molecule has 2 rings (SSSR count). The second-order valence-electron chi connectivity index (χ2n) is 5.28. The Morgan fingerprint density at radius 1 is 1.35 bits per heavy atom. The Balaban J connectivity index is 2.47. The molecule has 1 aromatic heterocycles. The highest BCUT2D eigenvalue weighted by atomic mass is 16.4. The van der Waals surface area contributed by atoms with E-state index in [4.69, 9.17) is 0 Å². The van der Waals surface area contributed by atoms with Crippen LogP contribution < -0.4 is 16.0 Å². The van der Waals surface area contributed by atoms with E-state index < -0.39 is 30.0 Å². The van der Waals surface area contributed by atoms with Gasteiger partial charge in [-0.25, -0.2) is 0 Å². The predicted molar refractivity (Wildman–Crippen MR) is 80.3 cm³/mol. The molecule has 1 aromatic carbocycles. The van der Waals surface area contributed by atoms with Crippen LogP contribution in [0.3, 0.4) is 0 Å². The van der Waals surface area contributed by atoms with Crippen LogP contribution in [0.15, 0.2) is 29.1 Å². The summed E-state index contributed by atoms with van der Waals surface area (Å²) in [6.45, 7) is 3.03. The summed E-state index contributed by atoms with van der Waals surface area (Å²) in [5, 5.41) is 20.9. The molecule has 23 heavy (non-hydrogen) atoms. The zero-order valence-corrected chi connectivity index (χ0v) is 12.9. The minimum Gasteiger partial charge on any atom is -0.548 e. The summed E-state index contributed by atoms with van der Waals surface area (Å²) in [6, 6.07) is 5.76. The molecule has 0 saturated carbocycles. The normalized spacial score (nSPS) is 13.5. The van der Waals surface area contributed by atoms with Gasteiger partial charge in [0.1, 0.15) is 11.6 Å². The van der Waals surface area contributed by atoms with Crippen LogP contribution in [0.1, 0.15) is 26.3 Å². The third kappa shape index (κ3) is 3.53. The lowest BCUT2D eigenvalue weighted by Gasteiger charge is -2.23. The fourth-order valence-electron chi connectivity index (χ4n) is 2.28. The monoisotopic (exact) mass is 317 g/mol. The molecule has 1 heterocycles. The first-order valence-corrected chi connectivity index (χ1v) is 7.27. The molecule has 0 aliphatic carbocycles. The van der Waals surface area contributed by atoms with Gasteiger partial charge in [-0.05, 0) is 18.1 Å². The van der Waals surface area contributed by atoms with Crippen molar-refractivity contribution >= 4 is 22.8 Å². The van der Waals surface area contributed by atoms with Crippen LogP contribution in [0.5, 0.6) is 0 Å². The van der Waals surface area contributed by atoms with Crippen LogP contribution >= 0.6 is 0 Å². The summed E-state index contributed by atoms with van der Waals surface area (Å²) in [4.78, 5) is 35.4. The quantitative estimate of drug-likeness (QED) is 0.749. The molecule has 1 N–H and O–H groups in total. The van der Waals surface area contributed by atoms with Crippen molar-refractivity contribution in [3.05, 3.63) is 34.6 Å². The van der Waals surface area contributed by atoms with Crippen LogP contribution in [0.25, 0.3) is 10.9 Å². The third-order valence-electron chi connectivity index (χ3n) is 3.71. The Bertz CT molecular complexity index is 786. The Morgan fingerprint density at radius 2 is 2.04 bits per heavy atom. The number of amides is 1. The van der Waals surface area contributed by atoms with Gasteiger partial charge in [0, 0.05) is 0 Å². The molecule has 8 nitrogen and oxygen atoms in total. The number of nitrogens with zero attached hydrogens (tertiary/aromatic N) is 3. The molecular weight excluding hydrogens is 300 g/mol. The molecular formula is C15H17N4O4-. The number of carboxylic acids is 1. The van der Waals surface area contributed by atoms with Crippen molar-refractivity contribution in [3.63, 3.8) is 0 Å². The maximum Gasteiger partial charge on any atom is 0.278 e. The summed E-state index contributed by atoms with van der Waals surface area (Å²) in [5.74, 6) is -2.24. The summed E-state index contributed by atoms with van der Waals surface area (Å²) in [6.07, 6.45) is 0.602. The summed E-state index contributed by atoms with van der Waals surface area (Å²) >= 11 is 0. The summed E-state index contributed by atoms with van der Waals surface area (Å²) in [7, 11) is 0. The fourth-order valence-corrected chi connectivity index (χ4v) is 2.28. The Hall–Kier alpha value is -2.77. The molecule has 1 amide bonds. The van der Waals surface area contributed by atoms with Gasteiger partial charge >= 0.3 is 0 Å². The summed E-state index contributed by atoms with van der Waals surface area (Å²) in [5.41, 5.74) is -0.00343. The van der Waals surface area contributed by atoms with E-state index >= 15 is 0 Å². The molecule has 0 spiro atoms. The third-order valence-corrected chi connectivity index (χ3v) is 3.71. The first-order valence-electron chi connectivity index (χ1n) is 7.27. The average Bonchev–Trinajstić information content (AvgIpc) is 2.55. The highest BCUT2D eigenvalue weighted by Gasteiger charge is 2.28. The number of carboxylic acid groups (broad SMARTS) is 1. The van der Waals surface area contributed by atoms with Crippen molar-refractivity contribution in [2.24, 2.45) is 5.92 Å². The lowest BCUT2D eigenvalue weighted by molar-refractivity contribution is -0.304. The number of hydrogen-bond donors (Lipinski definition) is 1. The summed E-state index contributed by atoms with van der Waals surface area (Å²) < 4.78 is 1.01. The van der Waals surface area contributed by atoms with E-state index in [9.17, 15) is 19.5 Å². The van der Waals surface area contributed by atoms with Gasteiger partial charge < -0.3 is 15.2 Å². The highest BCUT2D eigenvalue weighted by Crippen LogP contribution is 2.19. The molecule has 0 bridgehead atoms. The molecule has 8 heteroatoms. The zero-order valence-electron chi connectivity index (χ0n) is 12.9. The average molecular weight is 317 g/mol. The molecule has 0 unspecified atom stereocenters. The number of aromatic nitrogens is 3. The van der Waals surface area contributed by atoms with Gasteiger partial charge in [-0.1, -0.05) is 37.6 Å². The number of fused-ring (bicyclic) bond motifs is 1. The molecule has 2 atom stereocenters. The predicted octanol–water partition coefficient (Wildman–Crippen LogP) is -0.755. The van der Waals surface area contributed by atoms with E-state index in [1.165, 1.54) is 0 Å². The Labute approximate surface area is 132 Å². The van der Waals surface area contributed by atoms with Crippen LogP contribution in [0, 0.1) is 5.92 Å². The lowest BCUT2D eigenvalue weighted by atomic mass is 9.98. The van der Waals surface area contributed by atoms with Crippen molar-refractivity contribution in [2.45, 2.75) is 26.3 Å². The molecule has 0 saturated heterocycles. The van der Waals surface area contributed by atoms with Crippen molar-refractivity contribution in [1.82, 2.24) is 20.3 Å². The van der Waals surface area contributed by atoms with Gasteiger partial charge in [-0.2, -0.15) is 4.68 Å². The smallest absolute Gasteiger partial charge is 0.278 e. The largest absolute Gasteiger partial charge is 0.548 e.